The molecule has 0 saturated heterocycles. The minimum atomic E-state index is -0.201. The molecule has 2 amide bonds. The van der Waals surface area contributed by atoms with Gasteiger partial charge in [0.25, 0.3) is 5.91 Å². The minimum absolute atomic E-state index is 0.175. The molecule has 0 fully saturated rings. The smallest absolute Gasteiger partial charge is 0.255 e. The zero-order valence-electron chi connectivity index (χ0n) is 17.2. The molecule has 3 rings (SSSR count). The van der Waals surface area contributed by atoms with Crippen LogP contribution in [0.1, 0.15) is 21.5 Å². The predicted octanol–water partition coefficient (Wildman–Crippen LogP) is 4.45. The van der Waals surface area contributed by atoms with E-state index in [1.807, 2.05) is 37.3 Å². The summed E-state index contributed by atoms with van der Waals surface area (Å²) in [5, 5.41) is 5.77. The maximum Gasteiger partial charge on any atom is 0.255 e. The van der Waals surface area contributed by atoms with Crippen molar-refractivity contribution in [2.75, 3.05) is 24.9 Å². The van der Waals surface area contributed by atoms with Gasteiger partial charge in [0.15, 0.2) is 11.5 Å². The van der Waals surface area contributed by atoms with E-state index in [0.717, 1.165) is 11.1 Å². The molecule has 0 saturated carbocycles. The van der Waals surface area contributed by atoms with E-state index < -0.39 is 0 Å². The second kappa shape index (κ2) is 9.60. The van der Waals surface area contributed by atoms with Crippen molar-refractivity contribution in [3.8, 4) is 11.5 Å². The van der Waals surface area contributed by atoms with Gasteiger partial charge in [-0.3, -0.25) is 9.59 Å². The Labute approximate surface area is 175 Å². The molecular weight excluding hydrogens is 380 g/mol. The van der Waals surface area contributed by atoms with Crippen molar-refractivity contribution in [3.63, 3.8) is 0 Å². The first-order valence-electron chi connectivity index (χ1n) is 9.48. The van der Waals surface area contributed by atoms with Crippen LogP contribution in [0.15, 0.2) is 66.7 Å². The van der Waals surface area contributed by atoms with Crippen LogP contribution < -0.4 is 20.1 Å². The number of aryl methyl sites for hydroxylation is 1. The Hall–Kier alpha value is -3.80. The molecule has 0 aliphatic rings. The van der Waals surface area contributed by atoms with Crippen LogP contribution in [-0.4, -0.2) is 26.0 Å². The van der Waals surface area contributed by atoms with Crippen LogP contribution in [0.5, 0.6) is 11.5 Å². The van der Waals surface area contributed by atoms with Gasteiger partial charge in [0.1, 0.15) is 0 Å². The molecule has 6 heteroatoms. The first-order valence-corrected chi connectivity index (χ1v) is 9.48. The van der Waals surface area contributed by atoms with Crippen molar-refractivity contribution in [1.29, 1.82) is 0 Å². The molecule has 3 aromatic carbocycles. The van der Waals surface area contributed by atoms with Crippen molar-refractivity contribution in [2.24, 2.45) is 0 Å². The number of nitrogens with one attached hydrogen (secondary N) is 2. The molecule has 154 valence electrons. The Bertz CT molecular complexity index is 1050. The van der Waals surface area contributed by atoms with E-state index in [4.69, 9.17) is 9.47 Å². The van der Waals surface area contributed by atoms with Gasteiger partial charge in [0.05, 0.1) is 20.6 Å². The van der Waals surface area contributed by atoms with E-state index in [9.17, 15) is 9.59 Å². The fourth-order valence-electron chi connectivity index (χ4n) is 3.00. The summed E-state index contributed by atoms with van der Waals surface area (Å²) >= 11 is 0. The SMILES string of the molecule is COc1ccc(CC(=O)Nc2ccc(C)c(NC(=O)c3ccccc3)c2)cc1OC. The summed E-state index contributed by atoms with van der Waals surface area (Å²) in [6.07, 6.45) is 0.180. The van der Waals surface area contributed by atoms with Gasteiger partial charge in [0, 0.05) is 16.9 Å². The van der Waals surface area contributed by atoms with Crippen LogP contribution in [0.3, 0.4) is 0 Å². The molecule has 3 aromatic rings. The third-order valence-electron chi connectivity index (χ3n) is 4.62. The lowest BCUT2D eigenvalue weighted by Crippen LogP contribution is -2.16. The first-order chi connectivity index (χ1) is 14.5. The van der Waals surface area contributed by atoms with Crippen molar-refractivity contribution < 1.29 is 19.1 Å². The fraction of sp³-hybridized carbons (Fsp3) is 0.167. The molecule has 0 heterocycles. The van der Waals surface area contributed by atoms with E-state index in [1.165, 1.54) is 0 Å². The number of methoxy groups -OCH3 is 2. The van der Waals surface area contributed by atoms with Gasteiger partial charge >= 0.3 is 0 Å². The number of anilines is 2. The van der Waals surface area contributed by atoms with E-state index in [1.54, 1.807) is 50.6 Å². The van der Waals surface area contributed by atoms with Crippen LogP contribution in [0.4, 0.5) is 11.4 Å². The van der Waals surface area contributed by atoms with Crippen molar-refractivity contribution in [1.82, 2.24) is 0 Å². The van der Waals surface area contributed by atoms with Gasteiger partial charge in [-0.2, -0.15) is 0 Å². The third kappa shape index (κ3) is 5.17. The molecule has 0 spiro atoms. The van der Waals surface area contributed by atoms with Crippen LogP contribution in [0.25, 0.3) is 0 Å². The molecule has 0 unspecified atom stereocenters. The van der Waals surface area contributed by atoms with Gasteiger partial charge in [-0.15, -0.1) is 0 Å². The Morgan fingerprint density at radius 2 is 1.57 bits per heavy atom. The van der Waals surface area contributed by atoms with Gasteiger partial charge in [-0.05, 0) is 54.4 Å². The van der Waals surface area contributed by atoms with Crippen LogP contribution in [0, 0.1) is 6.92 Å². The molecule has 0 aromatic heterocycles. The molecule has 0 aliphatic heterocycles. The molecule has 0 radical (unpaired) electrons. The van der Waals surface area contributed by atoms with Crippen molar-refractivity contribution >= 4 is 23.2 Å². The highest BCUT2D eigenvalue weighted by Gasteiger charge is 2.11. The molecule has 0 bridgehead atoms. The Kier molecular flexibility index (Phi) is 6.70. The largest absolute Gasteiger partial charge is 0.493 e. The predicted molar refractivity (Wildman–Crippen MR) is 117 cm³/mol. The lowest BCUT2D eigenvalue weighted by molar-refractivity contribution is -0.115. The summed E-state index contributed by atoms with van der Waals surface area (Å²) in [6.45, 7) is 1.90. The lowest BCUT2D eigenvalue weighted by atomic mass is 10.1. The number of benzene rings is 3. The monoisotopic (exact) mass is 404 g/mol. The topological polar surface area (TPSA) is 76.7 Å². The third-order valence-corrected chi connectivity index (χ3v) is 4.62. The van der Waals surface area contributed by atoms with Crippen molar-refractivity contribution in [3.05, 3.63) is 83.4 Å². The van der Waals surface area contributed by atoms with Gasteiger partial charge in [-0.1, -0.05) is 30.3 Å². The highest BCUT2D eigenvalue weighted by molar-refractivity contribution is 6.05. The summed E-state index contributed by atoms with van der Waals surface area (Å²) in [5.41, 5.74) is 3.52. The quantitative estimate of drug-likeness (QED) is 0.610. The Balaban J connectivity index is 1.69. The minimum Gasteiger partial charge on any atom is -0.493 e. The summed E-state index contributed by atoms with van der Waals surface area (Å²) in [5.74, 6) is 0.807. The summed E-state index contributed by atoms with van der Waals surface area (Å²) in [7, 11) is 3.12. The number of amides is 2. The maximum atomic E-state index is 12.5. The van der Waals surface area contributed by atoms with Gasteiger partial charge in [-0.25, -0.2) is 0 Å². The maximum absolute atomic E-state index is 12.5. The molecule has 2 N–H and O–H groups in total. The molecule has 30 heavy (non-hydrogen) atoms. The molecule has 0 aliphatic carbocycles. The van der Waals surface area contributed by atoms with E-state index in [2.05, 4.69) is 10.6 Å². The van der Waals surface area contributed by atoms with Gasteiger partial charge < -0.3 is 20.1 Å². The van der Waals surface area contributed by atoms with Crippen molar-refractivity contribution in [2.45, 2.75) is 13.3 Å². The molecule has 0 atom stereocenters. The number of hydrogen-bond donors (Lipinski definition) is 2. The average molecular weight is 404 g/mol. The standard InChI is InChI=1S/C24H24N2O4/c1-16-9-11-19(15-20(16)26-24(28)18-7-5-4-6-8-18)25-23(27)14-17-10-12-21(29-2)22(13-17)30-3/h4-13,15H,14H2,1-3H3,(H,25,27)(H,26,28). The number of rotatable bonds is 7. The first kappa shape index (κ1) is 20.9. The second-order valence-corrected chi connectivity index (χ2v) is 6.76. The lowest BCUT2D eigenvalue weighted by Gasteiger charge is -2.12. The molecule has 6 nitrogen and oxygen atoms in total. The number of hydrogen-bond acceptors (Lipinski definition) is 4. The second-order valence-electron chi connectivity index (χ2n) is 6.76. The van der Waals surface area contributed by atoms with E-state index >= 15 is 0 Å². The highest BCUT2D eigenvalue weighted by Crippen LogP contribution is 2.28. The van der Waals surface area contributed by atoms with Gasteiger partial charge in [0.2, 0.25) is 5.91 Å². The normalized spacial score (nSPS) is 10.2. The van der Waals surface area contributed by atoms with E-state index in [0.29, 0.717) is 28.4 Å². The Morgan fingerprint density at radius 1 is 0.833 bits per heavy atom. The molecular formula is C24H24N2O4. The van der Waals surface area contributed by atoms with Crippen LogP contribution >= 0.6 is 0 Å². The average Bonchev–Trinajstić information content (AvgIpc) is 2.76. The summed E-state index contributed by atoms with van der Waals surface area (Å²) < 4.78 is 10.5. The number of carbonyl (C=O) groups excluding carboxylic acids is 2. The van der Waals surface area contributed by atoms with E-state index in [-0.39, 0.29) is 18.2 Å². The summed E-state index contributed by atoms with van der Waals surface area (Å²) in [6, 6.07) is 19.8. The summed E-state index contributed by atoms with van der Waals surface area (Å²) in [4.78, 5) is 24.9. The number of carbonyl (C=O) groups is 2. The van der Waals surface area contributed by atoms with Crippen LogP contribution in [0.2, 0.25) is 0 Å². The van der Waals surface area contributed by atoms with Crippen LogP contribution in [-0.2, 0) is 11.2 Å². The number of ether oxygens (including phenoxy) is 2. The highest BCUT2D eigenvalue weighted by atomic mass is 16.5. The Morgan fingerprint density at radius 3 is 2.27 bits per heavy atom. The fourth-order valence-corrected chi connectivity index (χ4v) is 3.00. The zero-order chi connectivity index (χ0) is 21.5. The zero-order valence-corrected chi connectivity index (χ0v) is 17.2.